The molecule has 0 radical (unpaired) electrons. The Hall–Kier alpha value is -2.77. The number of nitrogens with one attached hydrogen (secondary N) is 1. The summed E-state index contributed by atoms with van der Waals surface area (Å²) in [6.07, 6.45) is 4.24. The van der Waals surface area contributed by atoms with Gasteiger partial charge in [-0.05, 0) is 37.5 Å². The van der Waals surface area contributed by atoms with E-state index in [1.165, 1.54) is 11.3 Å². The van der Waals surface area contributed by atoms with Crippen LogP contribution in [0.25, 0.3) is 10.6 Å². The van der Waals surface area contributed by atoms with Crippen LogP contribution in [0.15, 0.2) is 54.6 Å². The average molecular weight is 483 g/mol. The fourth-order valence-electron chi connectivity index (χ4n) is 4.23. The van der Waals surface area contributed by atoms with E-state index in [9.17, 15) is 9.59 Å². The molecule has 0 spiro atoms. The Balaban J connectivity index is 1.40. The van der Waals surface area contributed by atoms with Crippen LogP contribution in [0.2, 0.25) is 5.02 Å². The van der Waals surface area contributed by atoms with Crippen molar-refractivity contribution in [3.8, 4) is 10.6 Å². The van der Waals surface area contributed by atoms with Crippen molar-refractivity contribution in [2.75, 3.05) is 11.9 Å². The molecule has 1 unspecified atom stereocenters. The van der Waals surface area contributed by atoms with Crippen LogP contribution >= 0.6 is 22.9 Å². The molecule has 2 amide bonds. The molecule has 6 nitrogen and oxygen atoms in total. The molecule has 8 heteroatoms. The van der Waals surface area contributed by atoms with Gasteiger partial charge in [0.2, 0.25) is 16.9 Å². The van der Waals surface area contributed by atoms with Crippen molar-refractivity contribution in [1.82, 2.24) is 15.1 Å². The smallest absolute Gasteiger partial charge is 0.227 e. The van der Waals surface area contributed by atoms with Gasteiger partial charge in [0.1, 0.15) is 5.01 Å². The Morgan fingerprint density at radius 3 is 2.61 bits per heavy atom. The maximum Gasteiger partial charge on any atom is 0.227 e. The predicted molar refractivity (Wildman–Crippen MR) is 132 cm³/mol. The molecule has 1 saturated carbocycles. The van der Waals surface area contributed by atoms with Crippen molar-refractivity contribution in [1.29, 1.82) is 0 Å². The summed E-state index contributed by atoms with van der Waals surface area (Å²) >= 11 is 7.35. The molecule has 0 aliphatic heterocycles. The van der Waals surface area contributed by atoms with Crippen molar-refractivity contribution < 1.29 is 9.59 Å². The Morgan fingerprint density at radius 1 is 1.12 bits per heavy atom. The number of nitrogens with zero attached hydrogens (tertiary/aromatic N) is 3. The van der Waals surface area contributed by atoms with Crippen LogP contribution in [-0.4, -0.2) is 33.5 Å². The molecule has 1 heterocycles. The van der Waals surface area contributed by atoms with Gasteiger partial charge in [0, 0.05) is 29.5 Å². The van der Waals surface area contributed by atoms with E-state index in [0.29, 0.717) is 21.7 Å². The largest absolute Gasteiger partial charge is 0.335 e. The van der Waals surface area contributed by atoms with Crippen molar-refractivity contribution in [2.24, 2.45) is 5.92 Å². The second kappa shape index (κ2) is 10.9. The fraction of sp³-hybridized carbons (Fsp3) is 0.360. The molecule has 172 valence electrons. The molecule has 1 atom stereocenters. The Labute approximate surface area is 203 Å². The van der Waals surface area contributed by atoms with Gasteiger partial charge in [-0.2, -0.15) is 0 Å². The zero-order valence-corrected chi connectivity index (χ0v) is 20.1. The van der Waals surface area contributed by atoms with E-state index in [4.69, 9.17) is 11.6 Å². The number of rotatable bonds is 8. The van der Waals surface area contributed by atoms with Gasteiger partial charge in [0.15, 0.2) is 0 Å². The lowest BCUT2D eigenvalue weighted by atomic mass is 10.0. The van der Waals surface area contributed by atoms with Gasteiger partial charge in [-0.1, -0.05) is 78.2 Å². The summed E-state index contributed by atoms with van der Waals surface area (Å²) in [5.74, 6) is 0.0201. The molecule has 1 aliphatic carbocycles. The highest BCUT2D eigenvalue weighted by Gasteiger charge is 2.30. The topological polar surface area (TPSA) is 75.2 Å². The third-order valence-corrected chi connectivity index (χ3v) is 7.18. The molecule has 33 heavy (non-hydrogen) atoms. The lowest BCUT2D eigenvalue weighted by Gasteiger charge is -2.32. The number of benzene rings is 2. The van der Waals surface area contributed by atoms with Gasteiger partial charge in [0.25, 0.3) is 0 Å². The zero-order valence-electron chi connectivity index (χ0n) is 18.5. The second-order valence-electron chi connectivity index (χ2n) is 8.32. The molecule has 3 aromatic rings. The molecule has 0 saturated heterocycles. The maximum absolute atomic E-state index is 13.3. The number of hydrogen-bond acceptors (Lipinski definition) is 5. The Bertz CT molecular complexity index is 1100. The summed E-state index contributed by atoms with van der Waals surface area (Å²) in [5, 5.41) is 12.8. The molecular formula is C25H27ClN4O2S. The van der Waals surface area contributed by atoms with E-state index in [2.05, 4.69) is 15.5 Å². The summed E-state index contributed by atoms with van der Waals surface area (Å²) in [7, 11) is 0. The SMILES string of the molecule is CC(c1ccccc1)N(CCC(=O)Nc1nnc(-c2cccc(Cl)c2)s1)C(=O)C1CCCC1. The van der Waals surface area contributed by atoms with Crippen LogP contribution in [0.3, 0.4) is 0 Å². The van der Waals surface area contributed by atoms with Gasteiger partial charge in [-0.15, -0.1) is 10.2 Å². The van der Waals surface area contributed by atoms with Crippen LogP contribution in [0.5, 0.6) is 0 Å². The Morgan fingerprint density at radius 2 is 1.88 bits per heavy atom. The van der Waals surface area contributed by atoms with Crippen molar-refractivity contribution in [3.63, 3.8) is 0 Å². The first-order valence-electron chi connectivity index (χ1n) is 11.3. The maximum atomic E-state index is 13.3. The van der Waals surface area contributed by atoms with E-state index in [0.717, 1.165) is 36.8 Å². The van der Waals surface area contributed by atoms with E-state index in [-0.39, 0.29) is 30.2 Å². The number of aromatic nitrogens is 2. The third-order valence-electron chi connectivity index (χ3n) is 6.06. The zero-order chi connectivity index (χ0) is 23.2. The molecular weight excluding hydrogens is 456 g/mol. The van der Waals surface area contributed by atoms with Gasteiger partial charge in [-0.3, -0.25) is 9.59 Å². The minimum absolute atomic E-state index is 0.0580. The number of carbonyl (C=O) groups excluding carboxylic acids is 2. The number of carbonyl (C=O) groups is 2. The van der Waals surface area contributed by atoms with Crippen LogP contribution < -0.4 is 5.32 Å². The number of halogens is 1. The quantitative estimate of drug-likeness (QED) is 0.429. The molecule has 2 aromatic carbocycles. The standard InChI is InChI=1S/C25H27ClN4O2S/c1-17(18-8-3-2-4-9-18)30(24(32)19-10-5-6-11-19)15-14-22(31)27-25-29-28-23(33-25)20-12-7-13-21(26)16-20/h2-4,7-9,12-13,16-17,19H,5-6,10-11,14-15H2,1H3,(H,27,29,31). The van der Waals surface area contributed by atoms with E-state index < -0.39 is 0 Å². The summed E-state index contributed by atoms with van der Waals surface area (Å²) in [5.41, 5.74) is 1.92. The van der Waals surface area contributed by atoms with E-state index in [1.807, 2.05) is 60.4 Å². The van der Waals surface area contributed by atoms with Crippen molar-refractivity contribution in [2.45, 2.75) is 45.1 Å². The van der Waals surface area contributed by atoms with E-state index >= 15 is 0 Å². The number of hydrogen-bond donors (Lipinski definition) is 1. The van der Waals surface area contributed by atoms with Crippen LogP contribution in [0, 0.1) is 5.92 Å². The van der Waals surface area contributed by atoms with Gasteiger partial charge in [0.05, 0.1) is 6.04 Å². The molecule has 4 rings (SSSR count). The molecule has 1 aromatic heterocycles. The lowest BCUT2D eigenvalue weighted by Crippen LogP contribution is -2.39. The molecule has 1 fully saturated rings. The van der Waals surface area contributed by atoms with Crippen LogP contribution in [-0.2, 0) is 9.59 Å². The van der Waals surface area contributed by atoms with Crippen LogP contribution in [0.1, 0.15) is 50.6 Å². The fourth-order valence-corrected chi connectivity index (χ4v) is 5.18. The summed E-state index contributed by atoms with van der Waals surface area (Å²) in [4.78, 5) is 27.8. The number of anilines is 1. The average Bonchev–Trinajstić information content (AvgIpc) is 3.52. The molecule has 1 aliphatic rings. The minimum atomic E-state index is -0.187. The highest BCUT2D eigenvalue weighted by molar-refractivity contribution is 7.18. The highest BCUT2D eigenvalue weighted by atomic mass is 35.5. The first kappa shape index (κ1) is 23.4. The summed E-state index contributed by atoms with van der Waals surface area (Å²) < 4.78 is 0. The first-order valence-corrected chi connectivity index (χ1v) is 12.5. The van der Waals surface area contributed by atoms with Crippen molar-refractivity contribution in [3.05, 3.63) is 65.2 Å². The van der Waals surface area contributed by atoms with Crippen LogP contribution in [0.4, 0.5) is 5.13 Å². The van der Waals surface area contributed by atoms with Gasteiger partial charge >= 0.3 is 0 Å². The monoisotopic (exact) mass is 482 g/mol. The Kier molecular flexibility index (Phi) is 7.73. The highest BCUT2D eigenvalue weighted by Crippen LogP contribution is 2.31. The van der Waals surface area contributed by atoms with E-state index in [1.54, 1.807) is 6.07 Å². The molecule has 1 N–H and O–H groups in total. The minimum Gasteiger partial charge on any atom is -0.335 e. The summed E-state index contributed by atoms with van der Waals surface area (Å²) in [6, 6.07) is 17.2. The van der Waals surface area contributed by atoms with Gasteiger partial charge in [-0.25, -0.2) is 0 Å². The normalized spacial score (nSPS) is 14.7. The second-order valence-corrected chi connectivity index (χ2v) is 9.73. The summed E-state index contributed by atoms with van der Waals surface area (Å²) in [6.45, 7) is 2.39. The lowest BCUT2D eigenvalue weighted by molar-refractivity contribution is -0.138. The predicted octanol–water partition coefficient (Wildman–Crippen LogP) is 5.97. The third kappa shape index (κ3) is 5.97. The molecule has 0 bridgehead atoms. The van der Waals surface area contributed by atoms with Crippen molar-refractivity contribution >= 4 is 39.9 Å². The van der Waals surface area contributed by atoms with Gasteiger partial charge < -0.3 is 10.2 Å². The number of amides is 2. The first-order chi connectivity index (χ1) is 16.0.